The highest BCUT2D eigenvalue weighted by Gasteiger charge is 2.19. The summed E-state index contributed by atoms with van der Waals surface area (Å²) in [7, 11) is 1.73. The third-order valence-corrected chi connectivity index (χ3v) is 3.07. The SMILES string of the molecule is CN(Cc1cccc(NCc2ncc[nH]2)c1)C(=O)OC(C)(C)C. The molecule has 23 heavy (non-hydrogen) atoms. The maximum atomic E-state index is 12.0. The first-order valence-corrected chi connectivity index (χ1v) is 7.59. The van der Waals surface area contributed by atoms with Gasteiger partial charge in [0.2, 0.25) is 0 Å². The lowest BCUT2D eigenvalue weighted by atomic mass is 10.2. The molecule has 6 heteroatoms. The Hall–Kier alpha value is -2.50. The average Bonchev–Trinajstić information content (AvgIpc) is 2.97. The van der Waals surface area contributed by atoms with Crippen molar-refractivity contribution in [3.8, 4) is 0 Å². The summed E-state index contributed by atoms with van der Waals surface area (Å²) in [6.45, 7) is 6.69. The molecule has 6 nitrogen and oxygen atoms in total. The Morgan fingerprint density at radius 3 is 2.83 bits per heavy atom. The van der Waals surface area contributed by atoms with Gasteiger partial charge in [-0.1, -0.05) is 12.1 Å². The number of nitrogens with one attached hydrogen (secondary N) is 2. The van der Waals surface area contributed by atoms with Crippen LogP contribution < -0.4 is 5.32 Å². The van der Waals surface area contributed by atoms with E-state index in [1.807, 2.05) is 45.0 Å². The minimum atomic E-state index is -0.488. The fraction of sp³-hybridized carbons (Fsp3) is 0.412. The van der Waals surface area contributed by atoms with Gasteiger partial charge < -0.3 is 19.9 Å². The van der Waals surface area contributed by atoms with Crippen molar-refractivity contribution in [3.63, 3.8) is 0 Å². The molecule has 0 aliphatic heterocycles. The molecule has 0 saturated heterocycles. The lowest BCUT2D eigenvalue weighted by Crippen LogP contribution is -2.33. The molecule has 2 rings (SSSR count). The standard InChI is InChI=1S/C17H24N4O2/c1-17(2,3)23-16(22)21(4)12-13-6-5-7-14(10-13)20-11-15-18-8-9-19-15/h5-10,20H,11-12H2,1-4H3,(H,18,19). The van der Waals surface area contributed by atoms with Crippen molar-refractivity contribution < 1.29 is 9.53 Å². The number of anilines is 1. The Morgan fingerprint density at radius 1 is 1.39 bits per heavy atom. The van der Waals surface area contributed by atoms with Crippen LogP contribution in [0.2, 0.25) is 0 Å². The van der Waals surface area contributed by atoms with Crippen LogP contribution in [0.5, 0.6) is 0 Å². The van der Waals surface area contributed by atoms with Crippen LogP contribution in [0, 0.1) is 0 Å². The fourth-order valence-electron chi connectivity index (χ4n) is 2.04. The predicted octanol–water partition coefficient (Wildman–Crippen LogP) is 3.39. The Balaban J connectivity index is 1.92. The molecule has 0 radical (unpaired) electrons. The smallest absolute Gasteiger partial charge is 0.410 e. The topological polar surface area (TPSA) is 70.2 Å². The van der Waals surface area contributed by atoms with E-state index in [2.05, 4.69) is 15.3 Å². The van der Waals surface area contributed by atoms with Crippen molar-refractivity contribution in [2.75, 3.05) is 12.4 Å². The van der Waals surface area contributed by atoms with Crippen LogP contribution in [0.1, 0.15) is 32.2 Å². The number of ether oxygens (including phenoxy) is 1. The number of nitrogens with zero attached hydrogens (tertiary/aromatic N) is 2. The molecule has 124 valence electrons. The predicted molar refractivity (Wildman–Crippen MR) is 90.1 cm³/mol. The van der Waals surface area contributed by atoms with E-state index in [9.17, 15) is 4.79 Å². The number of carbonyl (C=O) groups is 1. The van der Waals surface area contributed by atoms with Gasteiger partial charge in [-0.15, -0.1) is 0 Å². The largest absolute Gasteiger partial charge is 0.444 e. The number of imidazole rings is 1. The second kappa shape index (κ2) is 7.17. The molecule has 1 amide bonds. The minimum Gasteiger partial charge on any atom is -0.444 e. The lowest BCUT2D eigenvalue weighted by molar-refractivity contribution is 0.0285. The number of carbonyl (C=O) groups excluding carboxylic acids is 1. The first-order chi connectivity index (χ1) is 10.8. The number of amides is 1. The van der Waals surface area contributed by atoms with E-state index in [0.29, 0.717) is 13.1 Å². The summed E-state index contributed by atoms with van der Waals surface area (Å²) < 4.78 is 5.36. The van der Waals surface area contributed by atoms with Crippen molar-refractivity contribution in [1.82, 2.24) is 14.9 Å². The molecule has 0 spiro atoms. The zero-order chi connectivity index (χ0) is 16.9. The fourth-order valence-corrected chi connectivity index (χ4v) is 2.04. The summed E-state index contributed by atoms with van der Waals surface area (Å²) in [4.78, 5) is 20.8. The number of aromatic amines is 1. The summed E-state index contributed by atoms with van der Waals surface area (Å²) in [5, 5.41) is 3.30. The van der Waals surface area contributed by atoms with Crippen molar-refractivity contribution in [1.29, 1.82) is 0 Å². The molecule has 1 heterocycles. The van der Waals surface area contributed by atoms with E-state index in [1.54, 1.807) is 24.3 Å². The van der Waals surface area contributed by atoms with Gasteiger partial charge in [0.25, 0.3) is 0 Å². The molecule has 0 unspecified atom stereocenters. The normalized spacial score (nSPS) is 11.1. The Kier molecular flexibility index (Phi) is 5.26. The third kappa shape index (κ3) is 5.65. The van der Waals surface area contributed by atoms with Crippen LogP contribution in [0.3, 0.4) is 0 Å². The van der Waals surface area contributed by atoms with E-state index in [-0.39, 0.29) is 6.09 Å². The van der Waals surface area contributed by atoms with E-state index in [1.165, 1.54) is 0 Å². The third-order valence-electron chi connectivity index (χ3n) is 3.07. The first-order valence-electron chi connectivity index (χ1n) is 7.59. The number of aromatic nitrogens is 2. The minimum absolute atomic E-state index is 0.327. The molecule has 0 fully saturated rings. The number of hydrogen-bond donors (Lipinski definition) is 2. The molecule has 0 atom stereocenters. The van der Waals surface area contributed by atoms with Gasteiger partial charge in [-0.2, -0.15) is 0 Å². The van der Waals surface area contributed by atoms with Crippen LogP contribution in [-0.4, -0.2) is 33.6 Å². The van der Waals surface area contributed by atoms with Gasteiger partial charge in [0, 0.05) is 31.7 Å². The zero-order valence-electron chi connectivity index (χ0n) is 14.1. The maximum absolute atomic E-state index is 12.0. The van der Waals surface area contributed by atoms with Crippen molar-refractivity contribution in [2.45, 2.75) is 39.5 Å². The van der Waals surface area contributed by atoms with Crippen LogP contribution >= 0.6 is 0 Å². The molecule has 2 aromatic rings. The highest BCUT2D eigenvalue weighted by atomic mass is 16.6. The summed E-state index contributed by atoms with van der Waals surface area (Å²) in [5.74, 6) is 0.876. The number of H-pyrrole nitrogens is 1. The monoisotopic (exact) mass is 316 g/mol. The van der Waals surface area contributed by atoms with Crippen molar-refractivity contribution in [2.24, 2.45) is 0 Å². The number of rotatable bonds is 5. The van der Waals surface area contributed by atoms with Gasteiger partial charge >= 0.3 is 6.09 Å². The highest BCUT2D eigenvalue weighted by molar-refractivity contribution is 5.67. The van der Waals surface area contributed by atoms with Gasteiger partial charge in [0.05, 0.1) is 6.54 Å². The second-order valence-electron chi connectivity index (χ2n) is 6.43. The average molecular weight is 316 g/mol. The van der Waals surface area contributed by atoms with E-state index in [4.69, 9.17) is 4.74 Å². The lowest BCUT2D eigenvalue weighted by Gasteiger charge is -2.24. The quantitative estimate of drug-likeness (QED) is 0.887. The molecule has 0 aliphatic carbocycles. The van der Waals surface area contributed by atoms with Crippen LogP contribution in [-0.2, 0) is 17.8 Å². The summed E-state index contributed by atoms with van der Waals surface area (Å²) in [6.07, 6.45) is 3.19. The van der Waals surface area contributed by atoms with Crippen LogP contribution in [0.25, 0.3) is 0 Å². The van der Waals surface area contributed by atoms with Gasteiger partial charge in [-0.25, -0.2) is 9.78 Å². The van der Waals surface area contributed by atoms with Gasteiger partial charge in [0.15, 0.2) is 0 Å². The zero-order valence-corrected chi connectivity index (χ0v) is 14.1. The van der Waals surface area contributed by atoms with Crippen molar-refractivity contribution >= 4 is 11.8 Å². The molecular weight excluding hydrogens is 292 g/mol. The van der Waals surface area contributed by atoms with Crippen LogP contribution in [0.4, 0.5) is 10.5 Å². The van der Waals surface area contributed by atoms with E-state index in [0.717, 1.165) is 17.1 Å². The van der Waals surface area contributed by atoms with Crippen LogP contribution in [0.15, 0.2) is 36.7 Å². The Bertz CT molecular complexity index is 632. The highest BCUT2D eigenvalue weighted by Crippen LogP contribution is 2.15. The summed E-state index contributed by atoms with van der Waals surface area (Å²) in [5.41, 5.74) is 1.52. The molecule has 0 saturated carbocycles. The number of hydrogen-bond acceptors (Lipinski definition) is 4. The van der Waals surface area contributed by atoms with E-state index >= 15 is 0 Å². The van der Waals surface area contributed by atoms with Crippen molar-refractivity contribution in [3.05, 3.63) is 48.0 Å². The molecular formula is C17H24N4O2. The Morgan fingerprint density at radius 2 is 2.17 bits per heavy atom. The molecule has 1 aromatic heterocycles. The summed E-state index contributed by atoms with van der Waals surface area (Å²) >= 11 is 0. The molecule has 0 bridgehead atoms. The molecule has 0 aliphatic rings. The van der Waals surface area contributed by atoms with Gasteiger partial charge in [-0.05, 0) is 38.5 Å². The molecule has 1 aromatic carbocycles. The molecule has 2 N–H and O–H groups in total. The van der Waals surface area contributed by atoms with Gasteiger partial charge in [-0.3, -0.25) is 0 Å². The maximum Gasteiger partial charge on any atom is 0.410 e. The number of benzene rings is 1. The van der Waals surface area contributed by atoms with Gasteiger partial charge in [0.1, 0.15) is 11.4 Å². The second-order valence-corrected chi connectivity index (χ2v) is 6.43. The Labute approximate surface area is 136 Å². The summed E-state index contributed by atoms with van der Waals surface area (Å²) in [6, 6.07) is 7.95. The van der Waals surface area contributed by atoms with E-state index < -0.39 is 5.60 Å². The first kappa shape index (κ1) is 16.9.